The molecule has 0 aliphatic heterocycles. The number of alkyl halides is 1. The fourth-order valence-corrected chi connectivity index (χ4v) is 1.92. The average Bonchev–Trinajstić information content (AvgIpc) is 2.04. The molecule has 0 saturated heterocycles. The van der Waals surface area contributed by atoms with E-state index in [2.05, 4.69) is 36.8 Å². The van der Waals surface area contributed by atoms with Crippen LogP contribution in [0.15, 0.2) is 16.7 Å². The van der Waals surface area contributed by atoms with E-state index in [4.69, 9.17) is 0 Å². The molecular weight excluding hydrogens is 292 g/mol. The van der Waals surface area contributed by atoms with Gasteiger partial charge in [0.05, 0.1) is 6.07 Å². The second kappa shape index (κ2) is 3.95. The van der Waals surface area contributed by atoms with Crippen molar-refractivity contribution in [2.75, 3.05) is 0 Å². The minimum absolute atomic E-state index is 0.147. The number of pyridine rings is 1. The summed E-state index contributed by atoms with van der Waals surface area (Å²) in [5, 5.41) is 10.9. The third-order valence-electron chi connectivity index (χ3n) is 1.25. The molecule has 1 rings (SSSR count). The number of hydrogen-bond donors (Lipinski definition) is 0. The van der Waals surface area contributed by atoms with E-state index >= 15 is 0 Å². The molecule has 64 valence electrons. The van der Waals surface area contributed by atoms with Crippen LogP contribution >= 0.6 is 31.9 Å². The van der Waals surface area contributed by atoms with E-state index in [1.807, 2.05) is 0 Å². The zero-order chi connectivity index (χ0) is 9.14. The molecule has 4 nitrogen and oxygen atoms in total. The average molecular weight is 296 g/mol. The first kappa shape index (κ1) is 9.60. The van der Waals surface area contributed by atoms with Crippen molar-refractivity contribution in [1.29, 1.82) is 0 Å². The predicted molar refractivity (Wildman–Crippen MR) is 51.2 cm³/mol. The maximum absolute atomic E-state index is 10.3. The molecule has 0 amide bonds. The van der Waals surface area contributed by atoms with Crippen molar-refractivity contribution >= 4 is 37.7 Å². The lowest BCUT2D eigenvalue weighted by Gasteiger charge is -1.96. The van der Waals surface area contributed by atoms with Crippen molar-refractivity contribution < 1.29 is 4.92 Å². The Labute approximate surface area is 85.4 Å². The largest absolute Gasteiger partial charge is 0.364 e. The van der Waals surface area contributed by atoms with Gasteiger partial charge in [0.2, 0.25) is 0 Å². The minimum Gasteiger partial charge on any atom is -0.358 e. The van der Waals surface area contributed by atoms with Gasteiger partial charge in [-0.25, -0.2) is 0 Å². The molecular formula is C6H4Br2N2O2. The van der Waals surface area contributed by atoms with Gasteiger partial charge >= 0.3 is 5.82 Å². The van der Waals surface area contributed by atoms with Crippen LogP contribution in [0.4, 0.5) is 5.82 Å². The molecule has 0 radical (unpaired) electrons. The lowest BCUT2D eigenvalue weighted by Crippen LogP contribution is -1.93. The maximum Gasteiger partial charge on any atom is 0.364 e. The van der Waals surface area contributed by atoms with Crippen molar-refractivity contribution in [3.05, 3.63) is 32.4 Å². The van der Waals surface area contributed by atoms with E-state index in [9.17, 15) is 10.1 Å². The Morgan fingerprint density at radius 3 is 2.75 bits per heavy atom. The van der Waals surface area contributed by atoms with Gasteiger partial charge < -0.3 is 10.1 Å². The Kier molecular flexibility index (Phi) is 3.16. The normalized spacial score (nSPS) is 9.83. The molecule has 0 aliphatic carbocycles. The third kappa shape index (κ3) is 2.01. The molecule has 1 aromatic heterocycles. The summed E-state index contributed by atoms with van der Waals surface area (Å²) in [5.74, 6) is -0.147. The first-order chi connectivity index (χ1) is 5.65. The molecule has 0 bridgehead atoms. The van der Waals surface area contributed by atoms with Gasteiger partial charge in [0, 0.05) is 15.4 Å². The fourth-order valence-electron chi connectivity index (χ4n) is 0.647. The van der Waals surface area contributed by atoms with Gasteiger partial charge in [0.15, 0.2) is 0 Å². The lowest BCUT2D eigenvalue weighted by atomic mass is 10.3. The van der Waals surface area contributed by atoms with Crippen LogP contribution in [-0.4, -0.2) is 9.91 Å². The summed E-state index contributed by atoms with van der Waals surface area (Å²) in [4.78, 5) is 13.4. The van der Waals surface area contributed by atoms with Crippen LogP contribution in [0.25, 0.3) is 0 Å². The summed E-state index contributed by atoms with van der Waals surface area (Å²) >= 11 is 6.43. The summed E-state index contributed by atoms with van der Waals surface area (Å²) in [7, 11) is 0. The SMILES string of the molecule is O=[N+]([O-])c1cc(Br)c(CBr)cn1. The second-order valence-electron chi connectivity index (χ2n) is 2.02. The Balaban J connectivity index is 3.10. The molecule has 12 heavy (non-hydrogen) atoms. The van der Waals surface area contributed by atoms with Crippen LogP contribution in [0.5, 0.6) is 0 Å². The van der Waals surface area contributed by atoms with Crippen LogP contribution in [0.3, 0.4) is 0 Å². The fraction of sp³-hybridized carbons (Fsp3) is 0.167. The van der Waals surface area contributed by atoms with Gasteiger partial charge in [-0.05, 0) is 9.91 Å². The number of halogens is 2. The summed E-state index contributed by atoms with van der Waals surface area (Å²) in [5.41, 5.74) is 0.889. The highest BCUT2D eigenvalue weighted by molar-refractivity contribution is 9.10. The highest BCUT2D eigenvalue weighted by Gasteiger charge is 2.09. The Hall–Kier alpha value is -0.490. The van der Waals surface area contributed by atoms with Crippen LogP contribution in [0.1, 0.15) is 5.56 Å². The molecule has 0 fully saturated rings. The summed E-state index contributed by atoms with van der Waals surface area (Å²) in [6, 6.07) is 1.39. The number of hydrogen-bond acceptors (Lipinski definition) is 3. The summed E-state index contributed by atoms with van der Waals surface area (Å²) in [6.45, 7) is 0. The molecule has 0 unspecified atom stereocenters. The van der Waals surface area contributed by atoms with Crippen LogP contribution < -0.4 is 0 Å². The molecule has 1 aromatic rings. The highest BCUT2D eigenvalue weighted by Crippen LogP contribution is 2.21. The monoisotopic (exact) mass is 294 g/mol. The minimum atomic E-state index is -0.525. The third-order valence-corrected chi connectivity index (χ3v) is 2.59. The molecule has 1 heterocycles. The van der Waals surface area contributed by atoms with E-state index in [-0.39, 0.29) is 5.82 Å². The van der Waals surface area contributed by atoms with E-state index in [1.165, 1.54) is 12.3 Å². The van der Waals surface area contributed by atoms with E-state index in [0.29, 0.717) is 9.80 Å². The van der Waals surface area contributed by atoms with E-state index in [0.717, 1.165) is 5.56 Å². The zero-order valence-corrected chi connectivity index (χ0v) is 9.00. The van der Waals surface area contributed by atoms with Crippen molar-refractivity contribution in [2.24, 2.45) is 0 Å². The Morgan fingerprint density at radius 2 is 2.33 bits per heavy atom. The molecule has 0 aliphatic rings. The van der Waals surface area contributed by atoms with Crippen molar-refractivity contribution in [3.63, 3.8) is 0 Å². The van der Waals surface area contributed by atoms with Gasteiger partial charge in [-0.2, -0.15) is 0 Å². The quantitative estimate of drug-likeness (QED) is 0.479. The first-order valence-electron chi connectivity index (χ1n) is 3.00. The molecule has 6 heteroatoms. The smallest absolute Gasteiger partial charge is 0.358 e. The van der Waals surface area contributed by atoms with Crippen LogP contribution in [0.2, 0.25) is 0 Å². The topological polar surface area (TPSA) is 56.0 Å². The van der Waals surface area contributed by atoms with Crippen molar-refractivity contribution in [3.8, 4) is 0 Å². The standard InChI is InChI=1S/C6H4Br2N2O2/c7-2-4-3-9-6(10(11)12)1-5(4)8/h1,3H,2H2. The number of rotatable bonds is 2. The molecule has 0 saturated carbocycles. The molecule has 0 atom stereocenters. The van der Waals surface area contributed by atoms with Crippen molar-refractivity contribution in [1.82, 2.24) is 4.98 Å². The summed E-state index contributed by atoms with van der Waals surface area (Å²) < 4.78 is 0.695. The number of aromatic nitrogens is 1. The molecule has 0 N–H and O–H groups in total. The van der Waals surface area contributed by atoms with Gasteiger partial charge in [-0.1, -0.05) is 31.9 Å². The van der Waals surface area contributed by atoms with E-state index in [1.54, 1.807) is 0 Å². The van der Waals surface area contributed by atoms with Crippen molar-refractivity contribution in [2.45, 2.75) is 5.33 Å². The second-order valence-corrected chi connectivity index (χ2v) is 3.44. The number of nitro groups is 1. The van der Waals surface area contributed by atoms with Gasteiger partial charge in [0.25, 0.3) is 0 Å². The maximum atomic E-state index is 10.3. The van der Waals surface area contributed by atoms with Crippen LogP contribution in [0, 0.1) is 10.1 Å². The first-order valence-corrected chi connectivity index (χ1v) is 4.91. The van der Waals surface area contributed by atoms with Gasteiger partial charge in [-0.15, -0.1) is 0 Å². The highest BCUT2D eigenvalue weighted by atomic mass is 79.9. The van der Waals surface area contributed by atoms with Gasteiger partial charge in [-0.3, -0.25) is 0 Å². The lowest BCUT2D eigenvalue weighted by molar-refractivity contribution is -0.389. The van der Waals surface area contributed by atoms with Gasteiger partial charge in [0.1, 0.15) is 6.20 Å². The number of nitrogens with zero attached hydrogens (tertiary/aromatic N) is 2. The van der Waals surface area contributed by atoms with E-state index < -0.39 is 4.92 Å². The zero-order valence-electron chi connectivity index (χ0n) is 5.83. The molecule has 0 aromatic carbocycles. The Morgan fingerprint density at radius 1 is 1.67 bits per heavy atom. The summed E-state index contributed by atoms with van der Waals surface area (Å²) in [6.07, 6.45) is 1.47. The predicted octanol–water partition coefficient (Wildman–Crippen LogP) is 2.65. The Bertz CT molecular complexity index is 316. The molecule has 0 spiro atoms. The van der Waals surface area contributed by atoms with Crippen LogP contribution in [-0.2, 0) is 5.33 Å².